The van der Waals surface area contributed by atoms with Crippen LogP contribution < -0.4 is 5.43 Å². The average molecular weight is 329 g/mol. The Morgan fingerprint density at radius 3 is 2.81 bits per heavy atom. The lowest BCUT2D eigenvalue weighted by atomic mass is 10.3. The second kappa shape index (κ2) is 6.36. The van der Waals surface area contributed by atoms with Crippen molar-refractivity contribution in [1.82, 2.24) is 15.2 Å². The van der Waals surface area contributed by atoms with Crippen molar-refractivity contribution in [2.24, 2.45) is 5.10 Å². The van der Waals surface area contributed by atoms with Crippen LogP contribution in [-0.2, 0) is 4.79 Å². The fraction of sp³-hybridized carbons (Fsp3) is 0.308. The molecule has 2 aromatic heterocycles. The molecule has 0 radical (unpaired) electrons. The number of carbonyl (C=O) groups is 1. The van der Waals surface area contributed by atoms with E-state index in [1.807, 2.05) is 0 Å². The van der Waals surface area contributed by atoms with E-state index in [4.69, 9.17) is 11.6 Å². The number of nitrogens with zero attached hydrogens (tertiary/aromatic N) is 3. The van der Waals surface area contributed by atoms with E-state index in [0.29, 0.717) is 15.6 Å². The van der Waals surface area contributed by atoms with Crippen LogP contribution in [0.4, 0.5) is 4.39 Å². The normalized spacial score (nSPS) is 12.8. The van der Waals surface area contributed by atoms with Crippen LogP contribution in [0.5, 0.6) is 0 Å². The second-order valence-corrected chi connectivity index (χ2v) is 5.92. The molecule has 2 heterocycles. The zero-order chi connectivity index (χ0) is 15.6. The molecule has 1 N–H and O–H groups in total. The van der Waals surface area contributed by atoms with Gasteiger partial charge in [-0.3, -0.25) is 9.48 Å². The highest BCUT2D eigenvalue weighted by Gasteiger charge is 2.20. The number of aryl methyl sites for hydroxylation is 1. The minimum Gasteiger partial charge on any atom is -0.271 e. The first-order valence-corrected chi connectivity index (χ1v) is 7.39. The number of hydrogen-bond donors (Lipinski definition) is 1. The van der Waals surface area contributed by atoms with Gasteiger partial charge in [0.2, 0.25) is 0 Å². The van der Waals surface area contributed by atoms with Gasteiger partial charge < -0.3 is 0 Å². The van der Waals surface area contributed by atoms with Crippen molar-refractivity contribution >= 4 is 35.1 Å². The lowest BCUT2D eigenvalue weighted by Crippen LogP contribution is -2.28. The molecule has 0 aliphatic heterocycles. The summed E-state index contributed by atoms with van der Waals surface area (Å²) in [6, 6.07) is 2.38. The van der Waals surface area contributed by atoms with Gasteiger partial charge in [-0.05, 0) is 32.9 Å². The number of nitrogens with one attached hydrogen (secondary N) is 1. The summed E-state index contributed by atoms with van der Waals surface area (Å²) in [7, 11) is 0. The average Bonchev–Trinajstić information content (AvgIpc) is 2.97. The number of rotatable bonds is 4. The Morgan fingerprint density at radius 1 is 1.57 bits per heavy atom. The summed E-state index contributed by atoms with van der Waals surface area (Å²) in [4.78, 5) is 12.6. The first kappa shape index (κ1) is 15.7. The van der Waals surface area contributed by atoms with Crippen LogP contribution in [0.2, 0.25) is 5.02 Å². The highest BCUT2D eigenvalue weighted by atomic mass is 35.5. The van der Waals surface area contributed by atoms with Crippen LogP contribution in [0.25, 0.3) is 0 Å². The van der Waals surface area contributed by atoms with Crippen molar-refractivity contribution < 1.29 is 9.18 Å². The number of halogens is 2. The van der Waals surface area contributed by atoms with Crippen molar-refractivity contribution in [3.63, 3.8) is 0 Å². The van der Waals surface area contributed by atoms with Gasteiger partial charge >= 0.3 is 0 Å². The Bertz CT molecular complexity index is 694. The monoisotopic (exact) mass is 328 g/mol. The van der Waals surface area contributed by atoms with Gasteiger partial charge in [-0.2, -0.15) is 14.6 Å². The molecule has 21 heavy (non-hydrogen) atoms. The molecule has 8 heteroatoms. The number of hydrazone groups is 1. The molecule has 112 valence electrons. The molecule has 0 aromatic carbocycles. The van der Waals surface area contributed by atoms with Gasteiger partial charge in [-0.1, -0.05) is 11.6 Å². The fourth-order valence-corrected chi connectivity index (χ4v) is 2.51. The van der Waals surface area contributed by atoms with Crippen LogP contribution >= 0.6 is 22.9 Å². The first-order chi connectivity index (χ1) is 9.90. The second-order valence-electron chi connectivity index (χ2n) is 4.48. The van der Waals surface area contributed by atoms with E-state index in [0.717, 1.165) is 17.0 Å². The summed E-state index contributed by atoms with van der Waals surface area (Å²) in [5.74, 6) is -0.328. The summed E-state index contributed by atoms with van der Waals surface area (Å²) < 4.78 is 14.3. The molecule has 2 rings (SSSR count). The van der Waals surface area contributed by atoms with Crippen LogP contribution in [0.15, 0.2) is 17.2 Å². The maximum Gasteiger partial charge on any atom is 0.264 e. The summed E-state index contributed by atoms with van der Waals surface area (Å²) in [6.45, 7) is 5.27. The van der Waals surface area contributed by atoms with E-state index >= 15 is 0 Å². The third kappa shape index (κ3) is 3.48. The standard InChI is InChI=1S/C13H14ClFN4OS/c1-7-12(14)8(2)19(18-7)9(3)13(20)17-16-6-10-4-5-11(15)21-10/h4-6,9H,1-3H3,(H,17,20). The smallest absolute Gasteiger partial charge is 0.264 e. The topological polar surface area (TPSA) is 59.3 Å². The van der Waals surface area contributed by atoms with Gasteiger partial charge in [-0.25, -0.2) is 5.43 Å². The van der Waals surface area contributed by atoms with Crippen LogP contribution in [0, 0.1) is 19.0 Å². The van der Waals surface area contributed by atoms with Gasteiger partial charge in [0.1, 0.15) is 6.04 Å². The quantitative estimate of drug-likeness (QED) is 0.692. The molecule has 5 nitrogen and oxygen atoms in total. The summed E-state index contributed by atoms with van der Waals surface area (Å²) in [5, 5.41) is 8.28. The zero-order valence-corrected chi connectivity index (χ0v) is 13.3. The SMILES string of the molecule is Cc1nn(C(C)C(=O)NN=Cc2ccc(F)s2)c(C)c1Cl. The number of amides is 1. The van der Waals surface area contributed by atoms with Gasteiger partial charge in [0.25, 0.3) is 5.91 Å². The van der Waals surface area contributed by atoms with Crippen LogP contribution in [-0.4, -0.2) is 21.9 Å². The molecule has 0 fully saturated rings. The molecule has 0 aliphatic carbocycles. The summed E-state index contributed by atoms with van der Waals surface area (Å²) >= 11 is 7.00. The van der Waals surface area contributed by atoms with Gasteiger partial charge in [-0.15, -0.1) is 11.3 Å². The minimum atomic E-state index is -0.548. The third-order valence-corrected chi connectivity index (χ3v) is 4.30. The molecule has 0 spiro atoms. The molecule has 0 aliphatic rings. The summed E-state index contributed by atoms with van der Waals surface area (Å²) in [6.07, 6.45) is 1.40. The zero-order valence-electron chi connectivity index (χ0n) is 11.7. The Balaban J connectivity index is 2.02. The maximum absolute atomic E-state index is 12.8. The van der Waals surface area contributed by atoms with Crippen molar-refractivity contribution in [2.75, 3.05) is 0 Å². The number of aromatic nitrogens is 2. The lowest BCUT2D eigenvalue weighted by molar-refractivity contribution is -0.124. The molecule has 1 atom stereocenters. The van der Waals surface area contributed by atoms with E-state index < -0.39 is 6.04 Å². The third-order valence-electron chi connectivity index (χ3n) is 2.94. The Hall–Kier alpha value is -1.73. The fourth-order valence-electron chi connectivity index (χ4n) is 1.78. The van der Waals surface area contributed by atoms with Gasteiger partial charge in [0.15, 0.2) is 5.13 Å². The molecule has 0 bridgehead atoms. The summed E-state index contributed by atoms with van der Waals surface area (Å²) in [5.41, 5.74) is 3.80. The van der Waals surface area contributed by atoms with Crippen molar-refractivity contribution in [3.05, 3.63) is 38.6 Å². The predicted octanol–water partition coefficient (Wildman–Crippen LogP) is 3.07. The molecular weight excluding hydrogens is 315 g/mol. The van der Waals surface area contributed by atoms with Crippen LogP contribution in [0.3, 0.4) is 0 Å². The maximum atomic E-state index is 12.8. The Morgan fingerprint density at radius 2 is 2.29 bits per heavy atom. The molecule has 2 aromatic rings. The molecule has 0 saturated heterocycles. The lowest BCUT2D eigenvalue weighted by Gasteiger charge is -2.12. The van der Waals surface area contributed by atoms with E-state index in [2.05, 4.69) is 15.6 Å². The van der Waals surface area contributed by atoms with E-state index in [9.17, 15) is 9.18 Å². The minimum absolute atomic E-state index is 0.298. The Labute approximate surface area is 130 Å². The van der Waals surface area contributed by atoms with Crippen molar-refractivity contribution in [3.8, 4) is 0 Å². The molecule has 0 saturated carbocycles. The van der Waals surface area contributed by atoms with E-state index in [-0.39, 0.29) is 11.0 Å². The van der Waals surface area contributed by atoms with E-state index in [1.165, 1.54) is 12.3 Å². The van der Waals surface area contributed by atoms with Crippen molar-refractivity contribution in [2.45, 2.75) is 26.8 Å². The molecule has 1 unspecified atom stereocenters. The first-order valence-electron chi connectivity index (χ1n) is 6.19. The van der Waals surface area contributed by atoms with Gasteiger partial charge in [0.05, 0.1) is 27.5 Å². The largest absolute Gasteiger partial charge is 0.271 e. The Kier molecular flexibility index (Phi) is 4.74. The predicted molar refractivity (Wildman–Crippen MR) is 81.4 cm³/mol. The van der Waals surface area contributed by atoms with Crippen molar-refractivity contribution in [1.29, 1.82) is 0 Å². The van der Waals surface area contributed by atoms with Gasteiger partial charge in [0, 0.05) is 0 Å². The number of thiophene rings is 1. The molecule has 1 amide bonds. The number of hydrogen-bond acceptors (Lipinski definition) is 4. The highest BCUT2D eigenvalue weighted by Crippen LogP contribution is 2.22. The van der Waals surface area contributed by atoms with E-state index in [1.54, 1.807) is 31.5 Å². The van der Waals surface area contributed by atoms with Crippen LogP contribution in [0.1, 0.15) is 29.2 Å². The number of carbonyl (C=O) groups excluding carboxylic acids is 1. The highest BCUT2D eigenvalue weighted by molar-refractivity contribution is 7.12. The molecular formula is C13H14ClFN4OS.